The summed E-state index contributed by atoms with van der Waals surface area (Å²) in [7, 11) is 0. The molecule has 2 aliphatic carbocycles. The SMILES string of the molecule is C=O.CC(C)(C)C.O=C1CCC(CC2=C[CH]2)CC1. The molecule has 1 fully saturated rings. The zero-order chi connectivity index (χ0) is 14.2. The van der Waals surface area contributed by atoms with Crippen LogP contribution in [0.3, 0.4) is 0 Å². The highest BCUT2D eigenvalue weighted by Gasteiger charge is 2.21. The van der Waals surface area contributed by atoms with Crippen LogP contribution in [0.4, 0.5) is 0 Å². The Labute approximate surface area is 112 Å². The van der Waals surface area contributed by atoms with Crippen molar-refractivity contribution in [2.75, 3.05) is 0 Å². The Morgan fingerprint density at radius 1 is 1.17 bits per heavy atom. The fourth-order valence-corrected chi connectivity index (χ4v) is 1.73. The highest BCUT2D eigenvalue weighted by molar-refractivity contribution is 5.79. The largest absolute Gasteiger partial charge is 0.307 e. The van der Waals surface area contributed by atoms with Crippen molar-refractivity contribution in [3.05, 3.63) is 18.1 Å². The minimum atomic E-state index is 0.468. The number of carbonyl (C=O) groups excluding carboxylic acids is 2. The molecule has 2 heteroatoms. The summed E-state index contributed by atoms with van der Waals surface area (Å²) in [6.07, 6.45) is 9.50. The van der Waals surface area contributed by atoms with E-state index < -0.39 is 0 Å². The molecule has 103 valence electrons. The zero-order valence-corrected chi connectivity index (χ0v) is 12.3. The fourth-order valence-electron chi connectivity index (χ4n) is 1.73. The van der Waals surface area contributed by atoms with Crippen LogP contribution in [0.25, 0.3) is 0 Å². The molecule has 0 aromatic rings. The molecule has 0 aromatic heterocycles. The highest BCUT2D eigenvalue weighted by atomic mass is 16.1. The van der Waals surface area contributed by atoms with Gasteiger partial charge in [0.15, 0.2) is 0 Å². The van der Waals surface area contributed by atoms with Gasteiger partial charge in [0.25, 0.3) is 0 Å². The number of Topliss-reactive ketones (excluding diaryl/α,β-unsaturated/α-hetero) is 1. The Bertz CT molecular complexity index is 268. The second-order valence-corrected chi connectivity index (χ2v) is 6.59. The van der Waals surface area contributed by atoms with Crippen LogP contribution in [0.15, 0.2) is 11.6 Å². The molecule has 0 heterocycles. The lowest BCUT2D eigenvalue weighted by atomic mass is 9.85. The van der Waals surface area contributed by atoms with E-state index in [2.05, 4.69) is 40.2 Å². The van der Waals surface area contributed by atoms with Crippen LogP contribution in [0.5, 0.6) is 0 Å². The van der Waals surface area contributed by atoms with E-state index in [1.165, 1.54) is 12.0 Å². The molecule has 1 radical (unpaired) electrons. The number of ketones is 1. The molecular weight excluding hydrogens is 224 g/mol. The molecular formula is C16H27O2. The summed E-state index contributed by atoms with van der Waals surface area (Å²) in [5.74, 6) is 1.27. The van der Waals surface area contributed by atoms with Crippen molar-refractivity contribution < 1.29 is 9.59 Å². The first-order valence-corrected chi connectivity index (χ1v) is 6.69. The van der Waals surface area contributed by atoms with Gasteiger partial charge in [-0.1, -0.05) is 39.3 Å². The quantitative estimate of drug-likeness (QED) is 0.739. The molecule has 0 spiro atoms. The lowest BCUT2D eigenvalue weighted by Crippen LogP contribution is -2.13. The molecule has 0 saturated heterocycles. The van der Waals surface area contributed by atoms with Gasteiger partial charge in [-0.2, -0.15) is 0 Å². The monoisotopic (exact) mass is 251 g/mol. The molecule has 2 nitrogen and oxygen atoms in total. The predicted octanol–water partition coefficient (Wildman–Crippen LogP) is 4.15. The van der Waals surface area contributed by atoms with Crippen LogP contribution in [0.2, 0.25) is 0 Å². The minimum Gasteiger partial charge on any atom is -0.307 e. The minimum absolute atomic E-state index is 0.468. The normalized spacial score (nSPS) is 18.9. The Hall–Kier alpha value is -0.920. The third-order valence-corrected chi connectivity index (χ3v) is 2.59. The average molecular weight is 251 g/mol. The number of allylic oxidation sites excluding steroid dienone is 2. The Balaban J connectivity index is 0.000000354. The summed E-state index contributed by atoms with van der Waals surface area (Å²) < 4.78 is 0. The maximum absolute atomic E-state index is 10.9. The van der Waals surface area contributed by atoms with E-state index in [9.17, 15) is 4.79 Å². The molecule has 18 heavy (non-hydrogen) atoms. The van der Waals surface area contributed by atoms with Crippen LogP contribution >= 0.6 is 0 Å². The zero-order valence-electron chi connectivity index (χ0n) is 12.3. The first kappa shape index (κ1) is 17.1. The van der Waals surface area contributed by atoms with Crippen LogP contribution in [-0.2, 0) is 9.59 Å². The first-order valence-electron chi connectivity index (χ1n) is 6.69. The van der Waals surface area contributed by atoms with Crippen LogP contribution in [-0.4, -0.2) is 12.6 Å². The Kier molecular flexibility index (Phi) is 7.81. The van der Waals surface area contributed by atoms with Crippen LogP contribution in [0.1, 0.15) is 59.8 Å². The standard InChI is InChI=1S/C10H13O.C5H12.CH2O/c11-10-5-3-9(4-6-10)7-8-1-2-8;1-5(2,3)4;1-2/h1-2,9H,3-7H2;1-4H3;1H2. The summed E-state index contributed by atoms with van der Waals surface area (Å²) in [5, 5.41) is 0. The van der Waals surface area contributed by atoms with Gasteiger partial charge in [0.2, 0.25) is 0 Å². The van der Waals surface area contributed by atoms with Crippen molar-refractivity contribution in [1.82, 2.24) is 0 Å². The molecule has 0 aromatic carbocycles. The molecule has 2 aliphatic rings. The second-order valence-electron chi connectivity index (χ2n) is 6.59. The van der Waals surface area contributed by atoms with Crippen molar-refractivity contribution in [3.63, 3.8) is 0 Å². The average Bonchev–Trinajstić information content (AvgIpc) is 3.06. The first-order chi connectivity index (χ1) is 8.34. The molecule has 2 rings (SSSR count). The van der Waals surface area contributed by atoms with E-state index in [-0.39, 0.29) is 0 Å². The lowest BCUT2D eigenvalue weighted by molar-refractivity contribution is -0.121. The summed E-state index contributed by atoms with van der Waals surface area (Å²) in [4.78, 5) is 18.9. The smallest absolute Gasteiger partial charge is 0.132 e. The maximum Gasteiger partial charge on any atom is 0.132 e. The second kappa shape index (κ2) is 8.23. The van der Waals surface area contributed by atoms with Gasteiger partial charge in [-0.15, -0.1) is 0 Å². The van der Waals surface area contributed by atoms with Crippen molar-refractivity contribution in [2.45, 2.75) is 59.8 Å². The summed E-state index contributed by atoms with van der Waals surface area (Å²) in [6.45, 7) is 10.8. The van der Waals surface area contributed by atoms with Crippen molar-refractivity contribution in [3.8, 4) is 0 Å². The van der Waals surface area contributed by atoms with Crippen molar-refractivity contribution >= 4 is 12.6 Å². The van der Waals surface area contributed by atoms with Gasteiger partial charge in [0.1, 0.15) is 12.6 Å². The van der Waals surface area contributed by atoms with E-state index in [4.69, 9.17) is 4.79 Å². The third-order valence-electron chi connectivity index (χ3n) is 2.59. The topological polar surface area (TPSA) is 34.1 Å². The maximum atomic E-state index is 10.9. The van der Waals surface area contributed by atoms with Gasteiger partial charge < -0.3 is 4.79 Å². The Morgan fingerprint density at radius 2 is 1.56 bits per heavy atom. The summed E-state index contributed by atoms with van der Waals surface area (Å²) in [5.41, 5.74) is 2.00. The summed E-state index contributed by atoms with van der Waals surface area (Å²) >= 11 is 0. The molecule has 0 atom stereocenters. The van der Waals surface area contributed by atoms with Crippen molar-refractivity contribution in [2.24, 2.45) is 11.3 Å². The highest BCUT2D eigenvalue weighted by Crippen LogP contribution is 2.32. The number of hydrogen-bond acceptors (Lipinski definition) is 2. The van der Waals surface area contributed by atoms with Crippen molar-refractivity contribution in [1.29, 1.82) is 0 Å². The predicted molar refractivity (Wildman–Crippen MR) is 76.2 cm³/mol. The van der Waals surface area contributed by atoms with Gasteiger partial charge in [-0.25, -0.2) is 0 Å². The Morgan fingerprint density at radius 3 is 1.89 bits per heavy atom. The van der Waals surface area contributed by atoms with Crippen LogP contribution < -0.4 is 0 Å². The van der Waals surface area contributed by atoms with Gasteiger partial charge in [0.05, 0.1) is 0 Å². The molecule has 0 amide bonds. The van der Waals surface area contributed by atoms with E-state index in [1.807, 2.05) is 6.79 Å². The molecule has 0 unspecified atom stereocenters. The van der Waals surface area contributed by atoms with Gasteiger partial charge >= 0.3 is 0 Å². The molecule has 0 aliphatic heterocycles. The van der Waals surface area contributed by atoms with Gasteiger partial charge in [-0.05, 0) is 30.6 Å². The van der Waals surface area contributed by atoms with E-state index in [1.54, 1.807) is 0 Å². The third kappa shape index (κ3) is 11.6. The van der Waals surface area contributed by atoms with Gasteiger partial charge in [0, 0.05) is 19.3 Å². The fraction of sp³-hybridized carbons (Fsp3) is 0.688. The number of carbonyl (C=O) groups is 2. The molecule has 1 saturated carbocycles. The molecule has 0 bridgehead atoms. The van der Waals surface area contributed by atoms with E-state index in [0.717, 1.165) is 31.6 Å². The number of hydrogen-bond donors (Lipinski definition) is 0. The molecule has 0 N–H and O–H groups in total. The summed E-state index contributed by atoms with van der Waals surface area (Å²) in [6, 6.07) is 0. The number of rotatable bonds is 2. The van der Waals surface area contributed by atoms with E-state index >= 15 is 0 Å². The lowest BCUT2D eigenvalue weighted by Gasteiger charge is -2.19. The van der Waals surface area contributed by atoms with Gasteiger partial charge in [-0.3, -0.25) is 4.79 Å². The van der Waals surface area contributed by atoms with Crippen LogP contribution in [0, 0.1) is 17.8 Å². The van der Waals surface area contributed by atoms with E-state index in [0.29, 0.717) is 11.2 Å².